The molecule has 0 bridgehead atoms. The molecule has 0 aromatic carbocycles. The Labute approximate surface area is 98.8 Å². The van der Waals surface area contributed by atoms with Gasteiger partial charge in [-0.1, -0.05) is 0 Å². The van der Waals surface area contributed by atoms with Gasteiger partial charge in [0.25, 0.3) is 0 Å². The number of anilines is 1. The van der Waals surface area contributed by atoms with Gasteiger partial charge in [0.15, 0.2) is 0 Å². The largest absolute Gasteiger partial charge is 0.478 e. The molecule has 1 aromatic heterocycles. The van der Waals surface area contributed by atoms with Gasteiger partial charge in [-0.3, -0.25) is 4.79 Å². The van der Waals surface area contributed by atoms with Crippen LogP contribution in [-0.4, -0.2) is 28.5 Å². The molecule has 92 valence electrons. The first-order valence-electron chi connectivity index (χ1n) is 5.23. The number of pyridine rings is 1. The van der Waals surface area contributed by atoms with Crippen LogP contribution in [0.4, 0.5) is 5.82 Å². The topological polar surface area (TPSA) is 105 Å². The number of aromatic nitrogens is 1. The molecule has 6 heteroatoms. The fraction of sp³-hybridized carbons (Fsp3) is 0.364. The summed E-state index contributed by atoms with van der Waals surface area (Å²) in [7, 11) is 0. The lowest BCUT2D eigenvalue weighted by atomic mass is 10.2. The maximum absolute atomic E-state index is 10.8. The standard InChI is InChI=1S/C11H15N3O3/c1-7-5-8(11(16)17)6-10(14-7)13-4-2-3-9(12)15/h5-6H,2-4H2,1H3,(H2,12,15)(H,13,14)(H,16,17). The minimum Gasteiger partial charge on any atom is -0.478 e. The molecule has 0 aliphatic rings. The van der Waals surface area contributed by atoms with Crippen molar-refractivity contribution >= 4 is 17.7 Å². The van der Waals surface area contributed by atoms with Gasteiger partial charge in [0.2, 0.25) is 5.91 Å². The molecule has 6 nitrogen and oxygen atoms in total. The second-order valence-corrected chi connectivity index (χ2v) is 3.68. The van der Waals surface area contributed by atoms with E-state index in [0.29, 0.717) is 30.9 Å². The molecule has 1 rings (SSSR count). The van der Waals surface area contributed by atoms with Crippen LogP contribution in [0.15, 0.2) is 12.1 Å². The highest BCUT2D eigenvalue weighted by Crippen LogP contribution is 2.10. The zero-order chi connectivity index (χ0) is 12.8. The van der Waals surface area contributed by atoms with Gasteiger partial charge in [0, 0.05) is 18.7 Å². The smallest absolute Gasteiger partial charge is 0.335 e. The summed E-state index contributed by atoms with van der Waals surface area (Å²) in [6.45, 7) is 2.25. The predicted molar refractivity (Wildman–Crippen MR) is 62.9 cm³/mol. The molecule has 0 aliphatic carbocycles. The van der Waals surface area contributed by atoms with Crippen molar-refractivity contribution in [3.05, 3.63) is 23.4 Å². The Morgan fingerprint density at radius 3 is 2.76 bits per heavy atom. The number of nitrogens with two attached hydrogens (primary N) is 1. The Morgan fingerprint density at radius 2 is 2.18 bits per heavy atom. The molecule has 1 amide bonds. The number of carboxylic acids is 1. The number of aromatic carboxylic acids is 1. The third-order valence-corrected chi connectivity index (χ3v) is 2.11. The minimum absolute atomic E-state index is 0.190. The highest BCUT2D eigenvalue weighted by molar-refractivity contribution is 5.88. The fourth-order valence-corrected chi connectivity index (χ4v) is 1.36. The molecule has 17 heavy (non-hydrogen) atoms. The van der Waals surface area contributed by atoms with E-state index in [9.17, 15) is 9.59 Å². The van der Waals surface area contributed by atoms with Crippen molar-refractivity contribution in [3.63, 3.8) is 0 Å². The normalized spacial score (nSPS) is 9.94. The Morgan fingerprint density at radius 1 is 1.47 bits per heavy atom. The summed E-state index contributed by atoms with van der Waals surface area (Å²) in [4.78, 5) is 25.5. The van der Waals surface area contributed by atoms with E-state index in [1.165, 1.54) is 12.1 Å². The summed E-state index contributed by atoms with van der Waals surface area (Å²) in [5.74, 6) is -0.849. The average molecular weight is 237 g/mol. The molecule has 0 radical (unpaired) electrons. The van der Waals surface area contributed by atoms with Crippen molar-refractivity contribution in [3.8, 4) is 0 Å². The summed E-state index contributed by atoms with van der Waals surface area (Å²) in [5.41, 5.74) is 5.82. The van der Waals surface area contributed by atoms with E-state index in [1.54, 1.807) is 6.92 Å². The fourth-order valence-electron chi connectivity index (χ4n) is 1.36. The maximum Gasteiger partial charge on any atom is 0.335 e. The third-order valence-electron chi connectivity index (χ3n) is 2.11. The van der Waals surface area contributed by atoms with E-state index in [2.05, 4.69) is 10.3 Å². The van der Waals surface area contributed by atoms with Crippen LogP contribution < -0.4 is 11.1 Å². The van der Waals surface area contributed by atoms with Crippen molar-refractivity contribution in [2.24, 2.45) is 5.73 Å². The number of rotatable bonds is 6. The number of nitrogens with one attached hydrogen (secondary N) is 1. The number of hydrogen-bond acceptors (Lipinski definition) is 4. The van der Waals surface area contributed by atoms with Crippen molar-refractivity contribution in [2.45, 2.75) is 19.8 Å². The van der Waals surface area contributed by atoms with Gasteiger partial charge < -0.3 is 16.2 Å². The number of primary amides is 1. The molecule has 1 heterocycles. The van der Waals surface area contributed by atoms with E-state index < -0.39 is 5.97 Å². The Hall–Kier alpha value is -2.11. The first-order chi connectivity index (χ1) is 7.99. The first-order valence-corrected chi connectivity index (χ1v) is 5.23. The van der Waals surface area contributed by atoms with E-state index in [1.807, 2.05) is 0 Å². The Bertz CT molecular complexity index is 432. The first kappa shape index (κ1) is 13.0. The van der Waals surface area contributed by atoms with Gasteiger partial charge in [-0.25, -0.2) is 9.78 Å². The lowest BCUT2D eigenvalue weighted by Crippen LogP contribution is -2.13. The van der Waals surface area contributed by atoms with E-state index in [4.69, 9.17) is 10.8 Å². The molecule has 0 spiro atoms. The van der Waals surface area contributed by atoms with Gasteiger partial charge in [-0.05, 0) is 25.5 Å². The summed E-state index contributed by atoms with van der Waals surface area (Å²) >= 11 is 0. The van der Waals surface area contributed by atoms with Gasteiger partial charge in [0.1, 0.15) is 5.82 Å². The summed E-state index contributed by atoms with van der Waals surface area (Å²) in [5, 5.41) is 11.8. The van der Waals surface area contributed by atoms with E-state index >= 15 is 0 Å². The number of hydrogen-bond donors (Lipinski definition) is 3. The van der Waals surface area contributed by atoms with Crippen molar-refractivity contribution in [1.82, 2.24) is 4.98 Å². The molecular weight excluding hydrogens is 222 g/mol. The van der Waals surface area contributed by atoms with Crippen LogP contribution in [0.5, 0.6) is 0 Å². The highest BCUT2D eigenvalue weighted by atomic mass is 16.4. The van der Waals surface area contributed by atoms with Crippen molar-refractivity contribution in [1.29, 1.82) is 0 Å². The second kappa shape index (κ2) is 5.83. The molecule has 0 atom stereocenters. The number of carbonyl (C=O) groups is 2. The number of carboxylic acid groups (broad SMARTS) is 1. The molecule has 1 aromatic rings. The van der Waals surface area contributed by atoms with Crippen LogP contribution in [0.3, 0.4) is 0 Å². The van der Waals surface area contributed by atoms with Crippen LogP contribution in [-0.2, 0) is 4.79 Å². The van der Waals surface area contributed by atoms with Crippen LogP contribution in [0.25, 0.3) is 0 Å². The molecule has 0 fully saturated rings. The van der Waals surface area contributed by atoms with Crippen LogP contribution in [0, 0.1) is 6.92 Å². The van der Waals surface area contributed by atoms with Gasteiger partial charge in [-0.15, -0.1) is 0 Å². The van der Waals surface area contributed by atoms with Gasteiger partial charge >= 0.3 is 5.97 Å². The Kier molecular flexibility index (Phi) is 4.45. The summed E-state index contributed by atoms with van der Waals surface area (Å²) < 4.78 is 0. The van der Waals surface area contributed by atoms with Crippen LogP contribution in [0.1, 0.15) is 28.9 Å². The van der Waals surface area contributed by atoms with E-state index in [0.717, 1.165) is 0 Å². The van der Waals surface area contributed by atoms with Crippen molar-refractivity contribution < 1.29 is 14.7 Å². The Balaban J connectivity index is 2.59. The second-order valence-electron chi connectivity index (χ2n) is 3.68. The summed E-state index contributed by atoms with van der Waals surface area (Å²) in [6.07, 6.45) is 0.887. The lowest BCUT2D eigenvalue weighted by molar-refractivity contribution is -0.118. The monoisotopic (exact) mass is 237 g/mol. The molecular formula is C11H15N3O3. The minimum atomic E-state index is -0.990. The predicted octanol–water partition coefficient (Wildman–Crippen LogP) is 0.766. The zero-order valence-corrected chi connectivity index (χ0v) is 9.56. The quantitative estimate of drug-likeness (QED) is 0.633. The SMILES string of the molecule is Cc1cc(C(=O)O)cc(NCCCC(N)=O)n1. The van der Waals surface area contributed by atoms with Gasteiger partial charge in [0.05, 0.1) is 5.56 Å². The third kappa shape index (κ3) is 4.50. The van der Waals surface area contributed by atoms with E-state index in [-0.39, 0.29) is 11.5 Å². The number of carbonyl (C=O) groups excluding carboxylic acids is 1. The van der Waals surface area contributed by atoms with Gasteiger partial charge in [-0.2, -0.15) is 0 Å². The molecule has 0 aliphatic heterocycles. The molecule has 4 N–H and O–H groups in total. The number of nitrogens with zero attached hydrogens (tertiary/aromatic N) is 1. The van der Waals surface area contributed by atoms with Crippen LogP contribution in [0.2, 0.25) is 0 Å². The highest BCUT2D eigenvalue weighted by Gasteiger charge is 2.06. The molecule has 0 unspecified atom stereocenters. The number of aryl methyl sites for hydroxylation is 1. The zero-order valence-electron chi connectivity index (χ0n) is 9.56. The maximum atomic E-state index is 10.8. The van der Waals surface area contributed by atoms with Crippen LogP contribution >= 0.6 is 0 Å². The average Bonchev–Trinajstić information content (AvgIpc) is 2.23. The number of amides is 1. The summed E-state index contributed by atoms with van der Waals surface area (Å²) in [6, 6.07) is 2.95. The molecule has 0 saturated carbocycles. The van der Waals surface area contributed by atoms with Crippen molar-refractivity contribution in [2.75, 3.05) is 11.9 Å². The lowest BCUT2D eigenvalue weighted by Gasteiger charge is -2.06. The molecule has 0 saturated heterocycles.